The summed E-state index contributed by atoms with van der Waals surface area (Å²) in [6.07, 6.45) is 6.33. The monoisotopic (exact) mass is 234 g/mol. The standard InChI is InChI=1S/C14H22N2O/c1-3-16-9-4-6-14(17,7-10-16)13-11-15-8-5-12(13)2/h5,8,11,17H,3-4,6-7,9-10H2,1-2H3. The van der Waals surface area contributed by atoms with Crippen molar-refractivity contribution in [2.45, 2.75) is 38.7 Å². The molecule has 2 rings (SSSR count). The Bertz CT molecular complexity index is 380. The molecule has 1 aliphatic rings. The van der Waals surface area contributed by atoms with Crippen LogP contribution in [0.1, 0.15) is 37.3 Å². The van der Waals surface area contributed by atoms with Gasteiger partial charge < -0.3 is 10.0 Å². The van der Waals surface area contributed by atoms with Crippen LogP contribution in [0.5, 0.6) is 0 Å². The van der Waals surface area contributed by atoms with E-state index < -0.39 is 5.60 Å². The summed E-state index contributed by atoms with van der Waals surface area (Å²) in [5.41, 5.74) is 1.48. The van der Waals surface area contributed by atoms with Crippen molar-refractivity contribution >= 4 is 0 Å². The topological polar surface area (TPSA) is 36.4 Å². The lowest BCUT2D eigenvalue weighted by Gasteiger charge is -2.28. The third-order valence-corrected chi connectivity index (χ3v) is 3.89. The van der Waals surface area contributed by atoms with Crippen molar-refractivity contribution in [3.63, 3.8) is 0 Å². The molecular weight excluding hydrogens is 212 g/mol. The minimum absolute atomic E-state index is 0.678. The van der Waals surface area contributed by atoms with Gasteiger partial charge in [-0.05, 0) is 50.9 Å². The highest BCUT2D eigenvalue weighted by Gasteiger charge is 2.32. The van der Waals surface area contributed by atoms with Gasteiger partial charge >= 0.3 is 0 Å². The molecule has 0 aliphatic carbocycles. The van der Waals surface area contributed by atoms with Crippen molar-refractivity contribution in [2.75, 3.05) is 19.6 Å². The van der Waals surface area contributed by atoms with E-state index in [0.29, 0.717) is 0 Å². The van der Waals surface area contributed by atoms with Gasteiger partial charge in [-0.25, -0.2) is 0 Å². The molecule has 0 bridgehead atoms. The molecule has 1 aliphatic heterocycles. The Morgan fingerprint density at radius 1 is 1.41 bits per heavy atom. The molecule has 1 N–H and O–H groups in total. The molecule has 2 heterocycles. The van der Waals surface area contributed by atoms with E-state index in [2.05, 4.69) is 23.7 Å². The summed E-state index contributed by atoms with van der Waals surface area (Å²) < 4.78 is 0. The quantitative estimate of drug-likeness (QED) is 0.851. The molecule has 0 radical (unpaired) electrons. The van der Waals surface area contributed by atoms with E-state index in [9.17, 15) is 5.11 Å². The number of likely N-dealkylation sites (tertiary alicyclic amines) is 1. The summed E-state index contributed by atoms with van der Waals surface area (Å²) in [7, 11) is 0. The molecule has 1 aromatic heterocycles. The van der Waals surface area contributed by atoms with Crippen molar-refractivity contribution in [3.8, 4) is 0 Å². The minimum atomic E-state index is -0.678. The molecule has 0 spiro atoms. The van der Waals surface area contributed by atoms with Crippen LogP contribution >= 0.6 is 0 Å². The maximum atomic E-state index is 10.9. The molecule has 0 saturated carbocycles. The number of pyridine rings is 1. The van der Waals surface area contributed by atoms with Crippen LogP contribution in [0.25, 0.3) is 0 Å². The highest BCUT2D eigenvalue weighted by molar-refractivity contribution is 5.28. The largest absolute Gasteiger partial charge is 0.385 e. The number of aromatic nitrogens is 1. The van der Waals surface area contributed by atoms with Crippen molar-refractivity contribution in [1.29, 1.82) is 0 Å². The van der Waals surface area contributed by atoms with Crippen LogP contribution in [-0.2, 0) is 5.60 Å². The predicted octanol–water partition coefficient (Wildman–Crippen LogP) is 2.08. The predicted molar refractivity (Wildman–Crippen MR) is 68.8 cm³/mol. The van der Waals surface area contributed by atoms with Gasteiger partial charge in [0, 0.05) is 24.5 Å². The van der Waals surface area contributed by atoms with Crippen molar-refractivity contribution in [2.24, 2.45) is 0 Å². The Kier molecular flexibility index (Phi) is 3.79. The molecule has 1 atom stereocenters. The van der Waals surface area contributed by atoms with Crippen molar-refractivity contribution in [1.82, 2.24) is 9.88 Å². The molecule has 3 nitrogen and oxygen atoms in total. The number of rotatable bonds is 2. The van der Waals surface area contributed by atoms with Gasteiger partial charge in [-0.1, -0.05) is 6.92 Å². The molecule has 17 heavy (non-hydrogen) atoms. The summed E-state index contributed by atoms with van der Waals surface area (Å²) in [5.74, 6) is 0. The van der Waals surface area contributed by atoms with Crippen LogP contribution in [0.4, 0.5) is 0 Å². The molecule has 1 saturated heterocycles. The van der Waals surface area contributed by atoms with Crippen LogP contribution in [0.3, 0.4) is 0 Å². The normalized spacial score (nSPS) is 26.8. The second-order valence-corrected chi connectivity index (χ2v) is 5.01. The second kappa shape index (κ2) is 5.15. The zero-order valence-corrected chi connectivity index (χ0v) is 10.8. The van der Waals surface area contributed by atoms with Crippen molar-refractivity contribution < 1.29 is 5.11 Å². The summed E-state index contributed by atoms with van der Waals surface area (Å²) in [5, 5.41) is 10.9. The average Bonchev–Trinajstić information content (AvgIpc) is 2.52. The fourth-order valence-electron chi connectivity index (χ4n) is 2.71. The van der Waals surface area contributed by atoms with Gasteiger partial charge in [0.1, 0.15) is 0 Å². The lowest BCUT2D eigenvalue weighted by Crippen LogP contribution is -2.29. The maximum Gasteiger partial charge on any atom is 0.0926 e. The Morgan fingerprint density at radius 2 is 2.24 bits per heavy atom. The number of aliphatic hydroxyl groups is 1. The van der Waals surface area contributed by atoms with Gasteiger partial charge in [0.2, 0.25) is 0 Å². The molecular formula is C14H22N2O. The third kappa shape index (κ3) is 2.67. The van der Waals surface area contributed by atoms with E-state index in [1.54, 1.807) is 6.20 Å². The lowest BCUT2D eigenvalue weighted by atomic mass is 9.85. The van der Waals surface area contributed by atoms with Gasteiger partial charge in [-0.15, -0.1) is 0 Å². The van der Waals surface area contributed by atoms with Gasteiger partial charge in [0.15, 0.2) is 0 Å². The summed E-state index contributed by atoms with van der Waals surface area (Å²) in [4.78, 5) is 6.57. The molecule has 0 aromatic carbocycles. The summed E-state index contributed by atoms with van der Waals surface area (Å²) in [6.45, 7) is 7.37. The smallest absolute Gasteiger partial charge is 0.0926 e. The molecule has 94 valence electrons. The highest BCUT2D eigenvalue weighted by atomic mass is 16.3. The fraction of sp³-hybridized carbons (Fsp3) is 0.643. The van der Waals surface area contributed by atoms with Gasteiger partial charge in [-0.2, -0.15) is 0 Å². The van der Waals surface area contributed by atoms with E-state index >= 15 is 0 Å². The first-order valence-corrected chi connectivity index (χ1v) is 6.51. The Morgan fingerprint density at radius 3 is 2.94 bits per heavy atom. The van der Waals surface area contributed by atoms with Crippen LogP contribution in [0, 0.1) is 6.92 Å². The minimum Gasteiger partial charge on any atom is -0.385 e. The first-order chi connectivity index (χ1) is 8.15. The summed E-state index contributed by atoms with van der Waals surface area (Å²) >= 11 is 0. The van der Waals surface area contributed by atoms with Crippen LogP contribution in [-0.4, -0.2) is 34.6 Å². The molecule has 1 fully saturated rings. The Hall–Kier alpha value is -0.930. The number of aryl methyl sites for hydroxylation is 1. The first-order valence-electron chi connectivity index (χ1n) is 6.51. The highest BCUT2D eigenvalue weighted by Crippen LogP contribution is 2.33. The first kappa shape index (κ1) is 12.5. The number of hydrogen-bond donors (Lipinski definition) is 1. The molecule has 1 unspecified atom stereocenters. The van der Waals surface area contributed by atoms with Crippen LogP contribution < -0.4 is 0 Å². The van der Waals surface area contributed by atoms with Crippen molar-refractivity contribution in [3.05, 3.63) is 29.6 Å². The Balaban J connectivity index is 2.21. The van der Waals surface area contributed by atoms with Crippen LogP contribution in [0.15, 0.2) is 18.5 Å². The number of nitrogens with zero attached hydrogens (tertiary/aromatic N) is 2. The molecule has 0 amide bonds. The Labute approximate surface area is 103 Å². The zero-order chi connectivity index (χ0) is 12.3. The summed E-state index contributed by atoms with van der Waals surface area (Å²) in [6, 6.07) is 1.98. The SMILES string of the molecule is CCN1CCCC(O)(c2cnccc2C)CC1. The van der Waals surface area contributed by atoms with Gasteiger partial charge in [0.25, 0.3) is 0 Å². The van der Waals surface area contributed by atoms with Gasteiger partial charge in [-0.3, -0.25) is 4.98 Å². The van der Waals surface area contributed by atoms with E-state index in [1.165, 1.54) is 0 Å². The van der Waals surface area contributed by atoms with E-state index in [-0.39, 0.29) is 0 Å². The lowest BCUT2D eigenvalue weighted by molar-refractivity contribution is 0.0204. The zero-order valence-electron chi connectivity index (χ0n) is 10.8. The third-order valence-electron chi connectivity index (χ3n) is 3.89. The van der Waals surface area contributed by atoms with E-state index in [0.717, 1.165) is 50.0 Å². The van der Waals surface area contributed by atoms with E-state index in [4.69, 9.17) is 0 Å². The maximum absolute atomic E-state index is 10.9. The van der Waals surface area contributed by atoms with Gasteiger partial charge in [0.05, 0.1) is 5.60 Å². The fourth-order valence-corrected chi connectivity index (χ4v) is 2.71. The van der Waals surface area contributed by atoms with Crippen LogP contribution in [0.2, 0.25) is 0 Å². The van der Waals surface area contributed by atoms with E-state index in [1.807, 2.05) is 12.3 Å². The molecule has 1 aromatic rings. The molecule has 3 heteroatoms. The number of hydrogen-bond acceptors (Lipinski definition) is 3. The second-order valence-electron chi connectivity index (χ2n) is 5.01. The average molecular weight is 234 g/mol.